The zero-order valence-corrected chi connectivity index (χ0v) is 11.3. The summed E-state index contributed by atoms with van der Waals surface area (Å²) in [5.74, 6) is 1.74. The number of hydrogen-bond acceptors (Lipinski definition) is 5. The summed E-state index contributed by atoms with van der Waals surface area (Å²) in [5, 5.41) is 18.3. The molecule has 4 rings (SSSR count). The Morgan fingerprint density at radius 1 is 1.19 bits per heavy atom. The zero-order valence-electron chi connectivity index (χ0n) is 11.3. The van der Waals surface area contributed by atoms with Crippen molar-refractivity contribution in [1.82, 2.24) is 19.7 Å². The van der Waals surface area contributed by atoms with Gasteiger partial charge in [0.2, 0.25) is 0 Å². The van der Waals surface area contributed by atoms with Gasteiger partial charge in [0.15, 0.2) is 5.82 Å². The first-order chi connectivity index (χ1) is 10.3. The number of benzene rings is 1. The van der Waals surface area contributed by atoms with Crippen LogP contribution in [0.5, 0.6) is 0 Å². The molecule has 0 atom stereocenters. The first-order valence-corrected chi connectivity index (χ1v) is 6.76. The monoisotopic (exact) mass is 276 g/mol. The first-order valence-electron chi connectivity index (χ1n) is 6.76. The van der Waals surface area contributed by atoms with Crippen molar-refractivity contribution in [2.24, 2.45) is 0 Å². The number of para-hydroxylation sites is 1. The number of nitriles is 1. The molecule has 0 amide bonds. The Labute approximate surface area is 121 Å². The second-order valence-corrected chi connectivity index (χ2v) is 5.02. The van der Waals surface area contributed by atoms with E-state index in [1.807, 2.05) is 34.9 Å². The minimum Gasteiger partial charge on any atom is -0.347 e. The van der Waals surface area contributed by atoms with Crippen molar-refractivity contribution in [2.45, 2.75) is 13.1 Å². The molecule has 0 N–H and O–H groups in total. The molecule has 0 radical (unpaired) electrons. The number of hydrogen-bond donors (Lipinski definition) is 0. The van der Waals surface area contributed by atoms with Crippen molar-refractivity contribution in [3.8, 4) is 6.07 Å². The van der Waals surface area contributed by atoms with Crippen LogP contribution < -0.4 is 4.90 Å². The summed E-state index contributed by atoms with van der Waals surface area (Å²) in [5.41, 5.74) is 1.50. The molecule has 6 nitrogen and oxygen atoms in total. The lowest BCUT2D eigenvalue weighted by molar-refractivity contribution is 0.556. The Hall–Kier alpha value is -2.94. The van der Waals surface area contributed by atoms with E-state index in [1.54, 1.807) is 6.33 Å². The number of aromatic nitrogens is 4. The first kappa shape index (κ1) is 11.9. The topological polar surface area (TPSA) is 70.6 Å². The SMILES string of the molecule is N#Cc1cc(N2CCn3cnnc3C2)nc2ccccc12. The number of fused-ring (bicyclic) bond motifs is 2. The molecule has 0 aliphatic carbocycles. The molecule has 0 saturated carbocycles. The molecular weight excluding hydrogens is 264 g/mol. The Kier molecular flexibility index (Phi) is 2.57. The maximum Gasteiger partial charge on any atom is 0.152 e. The number of anilines is 1. The fourth-order valence-corrected chi connectivity index (χ4v) is 2.68. The highest BCUT2D eigenvalue weighted by Gasteiger charge is 2.19. The van der Waals surface area contributed by atoms with Crippen LogP contribution in [0.4, 0.5) is 5.82 Å². The minimum atomic E-state index is 0.655. The van der Waals surface area contributed by atoms with Gasteiger partial charge >= 0.3 is 0 Å². The summed E-state index contributed by atoms with van der Waals surface area (Å²) in [6.45, 7) is 2.33. The van der Waals surface area contributed by atoms with E-state index in [-0.39, 0.29) is 0 Å². The van der Waals surface area contributed by atoms with Crippen LogP contribution in [0.1, 0.15) is 11.4 Å². The predicted octanol–water partition coefficient (Wildman–Crippen LogP) is 1.72. The fraction of sp³-hybridized carbons (Fsp3) is 0.200. The van der Waals surface area contributed by atoms with Crippen LogP contribution in [0.25, 0.3) is 10.9 Å². The second kappa shape index (κ2) is 4.56. The van der Waals surface area contributed by atoms with Crippen LogP contribution in [0.2, 0.25) is 0 Å². The van der Waals surface area contributed by atoms with Gasteiger partial charge in [-0.05, 0) is 12.1 Å². The lowest BCUT2D eigenvalue weighted by Crippen LogP contribution is -2.34. The largest absolute Gasteiger partial charge is 0.347 e. The van der Waals surface area contributed by atoms with Crippen molar-refractivity contribution < 1.29 is 0 Å². The van der Waals surface area contributed by atoms with Gasteiger partial charge in [0.1, 0.15) is 12.1 Å². The summed E-state index contributed by atoms with van der Waals surface area (Å²) in [6, 6.07) is 11.8. The van der Waals surface area contributed by atoms with Crippen LogP contribution in [-0.4, -0.2) is 26.3 Å². The van der Waals surface area contributed by atoms with E-state index in [0.717, 1.165) is 35.6 Å². The number of nitrogens with zero attached hydrogens (tertiary/aromatic N) is 6. The molecule has 0 unspecified atom stereocenters. The molecule has 1 aliphatic rings. The van der Waals surface area contributed by atoms with E-state index in [1.165, 1.54) is 0 Å². The molecule has 0 saturated heterocycles. The van der Waals surface area contributed by atoms with Crippen LogP contribution in [0.3, 0.4) is 0 Å². The van der Waals surface area contributed by atoms with Crippen LogP contribution >= 0.6 is 0 Å². The third-order valence-corrected chi connectivity index (χ3v) is 3.79. The second-order valence-electron chi connectivity index (χ2n) is 5.02. The maximum absolute atomic E-state index is 9.36. The lowest BCUT2D eigenvalue weighted by Gasteiger charge is -2.28. The van der Waals surface area contributed by atoms with Crippen LogP contribution in [0, 0.1) is 11.3 Å². The van der Waals surface area contributed by atoms with E-state index < -0.39 is 0 Å². The molecule has 3 aromatic rings. The molecule has 1 aromatic carbocycles. The van der Waals surface area contributed by atoms with Gasteiger partial charge in [0.25, 0.3) is 0 Å². The standard InChI is InChI=1S/C15H12N6/c16-8-11-7-14(18-13-4-2-1-3-12(11)13)20-5-6-21-10-17-19-15(21)9-20/h1-4,7,10H,5-6,9H2. The molecule has 0 bridgehead atoms. The third-order valence-electron chi connectivity index (χ3n) is 3.79. The van der Waals surface area contributed by atoms with Crippen LogP contribution in [0.15, 0.2) is 36.7 Å². The third kappa shape index (κ3) is 1.91. The van der Waals surface area contributed by atoms with Gasteiger partial charge in [-0.15, -0.1) is 10.2 Å². The fourth-order valence-electron chi connectivity index (χ4n) is 2.68. The van der Waals surface area contributed by atoms with Gasteiger partial charge in [0.05, 0.1) is 23.7 Å². The Balaban J connectivity index is 1.79. The van der Waals surface area contributed by atoms with Gasteiger partial charge in [-0.2, -0.15) is 5.26 Å². The highest BCUT2D eigenvalue weighted by atomic mass is 15.3. The quantitative estimate of drug-likeness (QED) is 0.676. The molecule has 1 aliphatic heterocycles. The zero-order chi connectivity index (χ0) is 14.2. The summed E-state index contributed by atoms with van der Waals surface area (Å²) in [6.07, 6.45) is 1.75. The Bertz CT molecular complexity index is 860. The van der Waals surface area contributed by atoms with E-state index in [9.17, 15) is 5.26 Å². The van der Waals surface area contributed by atoms with E-state index in [0.29, 0.717) is 12.1 Å². The maximum atomic E-state index is 9.36. The molecular formula is C15H12N6. The molecule has 21 heavy (non-hydrogen) atoms. The van der Waals surface area contributed by atoms with Crippen molar-refractivity contribution in [1.29, 1.82) is 5.26 Å². The summed E-state index contributed by atoms with van der Waals surface area (Å²) in [7, 11) is 0. The van der Waals surface area contributed by atoms with E-state index >= 15 is 0 Å². The number of rotatable bonds is 1. The molecule has 102 valence electrons. The van der Waals surface area contributed by atoms with Crippen molar-refractivity contribution in [3.63, 3.8) is 0 Å². The van der Waals surface area contributed by atoms with Gasteiger partial charge in [-0.1, -0.05) is 18.2 Å². The van der Waals surface area contributed by atoms with E-state index in [4.69, 9.17) is 0 Å². The Morgan fingerprint density at radius 2 is 2.10 bits per heavy atom. The average molecular weight is 276 g/mol. The molecule has 2 aromatic heterocycles. The highest BCUT2D eigenvalue weighted by molar-refractivity contribution is 5.86. The van der Waals surface area contributed by atoms with Gasteiger partial charge in [0, 0.05) is 18.5 Å². The van der Waals surface area contributed by atoms with Gasteiger partial charge in [-0.25, -0.2) is 4.98 Å². The van der Waals surface area contributed by atoms with Crippen molar-refractivity contribution in [2.75, 3.05) is 11.4 Å². The smallest absolute Gasteiger partial charge is 0.152 e. The minimum absolute atomic E-state index is 0.655. The average Bonchev–Trinajstić information content (AvgIpc) is 3.01. The van der Waals surface area contributed by atoms with Gasteiger partial charge < -0.3 is 9.47 Å². The summed E-state index contributed by atoms with van der Waals surface area (Å²) in [4.78, 5) is 6.82. The summed E-state index contributed by atoms with van der Waals surface area (Å²) >= 11 is 0. The summed E-state index contributed by atoms with van der Waals surface area (Å²) < 4.78 is 2.04. The Morgan fingerprint density at radius 3 is 3.00 bits per heavy atom. The molecule has 6 heteroatoms. The molecule has 3 heterocycles. The predicted molar refractivity (Wildman–Crippen MR) is 77.5 cm³/mol. The van der Waals surface area contributed by atoms with E-state index in [2.05, 4.69) is 26.2 Å². The lowest BCUT2D eigenvalue weighted by atomic mass is 10.1. The molecule has 0 fully saturated rings. The molecule has 0 spiro atoms. The van der Waals surface area contributed by atoms with Crippen LogP contribution in [-0.2, 0) is 13.1 Å². The van der Waals surface area contributed by atoms with Gasteiger partial charge in [-0.3, -0.25) is 0 Å². The van der Waals surface area contributed by atoms with Crippen molar-refractivity contribution >= 4 is 16.7 Å². The normalized spacial score (nSPS) is 14.0. The highest BCUT2D eigenvalue weighted by Crippen LogP contribution is 2.24. The number of pyridine rings is 1. The van der Waals surface area contributed by atoms with Crippen molar-refractivity contribution in [3.05, 3.63) is 48.0 Å².